The van der Waals surface area contributed by atoms with Crippen LogP contribution in [0.4, 0.5) is 5.69 Å². The number of non-ortho nitro benzene ring substituents is 1. The molecular weight excluding hydrogens is 565 g/mol. The Morgan fingerprint density at radius 2 is 1.97 bits per heavy atom. The molecule has 5 rings (SSSR count). The normalized spacial score (nSPS) is 19.8. The predicted molar refractivity (Wildman–Crippen MR) is 150 cm³/mol. The molecule has 0 spiro atoms. The molecule has 0 aliphatic carbocycles. The number of hydrogen-bond acceptors (Lipinski definition) is 9. The van der Waals surface area contributed by atoms with Gasteiger partial charge >= 0.3 is 5.97 Å². The third kappa shape index (κ3) is 5.20. The summed E-state index contributed by atoms with van der Waals surface area (Å²) in [6.07, 6.45) is 0.505. The number of allylic oxidation sites excluding steroid dienone is 1. The first-order valence-electron chi connectivity index (χ1n) is 11.8. The molecule has 1 aromatic heterocycles. The lowest BCUT2D eigenvalue weighted by atomic mass is 9.94. The van der Waals surface area contributed by atoms with Crippen molar-refractivity contribution in [1.29, 1.82) is 0 Å². The topological polar surface area (TPSA) is 118 Å². The number of benzene rings is 2. The van der Waals surface area contributed by atoms with Crippen LogP contribution < -0.4 is 0 Å². The van der Waals surface area contributed by atoms with Crippen molar-refractivity contribution in [2.24, 2.45) is 4.99 Å². The summed E-state index contributed by atoms with van der Waals surface area (Å²) >= 11 is 13.6. The number of amidine groups is 1. The molecule has 0 amide bonds. The van der Waals surface area contributed by atoms with Gasteiger partial charge in [-0.15, -0.1) is 0 Å². The zero-order valence-corrected chi connectivity index (χ0v) is 23.0. The summed E-state index contributed by atoms with van der Waals surface area (Å²) in [6.45, 7) is 3.65. The van der Waals surface area contributed by atoms with Gasteiger partial charge in [-0.3, -0.25) is 10.1 Å². The van der Waals surface area contributed by atoms with Crippen LogP contribution in [0, 0.1) is 10.1 Å². The van der Waals surface area contributed by atoms with E-state index in [1.54, 1.807) is 61.2 Å². The molecular formula is C27H21Cl2N3O6S. The van der Waals surface area contributed by atoms with E-state index in [2.05, 4.69) is 4.99 Å². The Balaban J connectivity index is 1.51. The van der Waals surface area contributed by atoms with Gasteiger partial charge in [0.2, 0.25) is 0 Å². The number of aliphatic hydroxyl groups excluding tert-OH is 1. The quantitative estimate of drug-likeness (QED) is 0.190. The van der Waals surface area contributed by atoms with Gasteiger partial charge in [-0.2, -0.15) is 0 Å². The Morgan fingerprint density at radius 3 is 2.67 bits per heavy atom. The zero-order valence-electron chi connectivity index (χ0n) is 20.6. The lowest BCUT2D eigenvalue weighted by molar-refractivity contribution is -0.384. The number of aliphatic imine (C=N–C) groups is 1. The first kappa shape index (κ1) is 27.0. The first-order valence-corrected chi connectivity index (χ1v) is 13.4. The van der Waals surface area contributed by atoms with Crippen molar-refractivity contribution in [2.75, 3.05) is 6.61 Å². The van der Waals surface area contributed by atoms with E-state index in [1.165, 1.54) is 30.0 Å². The molecule has 2 aromatic carbocycles. The van der Waals surface area contributed by atoms with Crippen LogP contribution in [0.5, 0.6) is 0 Å². The number of furan rings is 1. The second kappa shape index (κ2) is 10.9. The number of rotatable bonds is 6. The smallest absolute Gasteiger partial charge is 0.338 e. The van der Waals surface area contributed by atoms with Crippen LogP contribution in [0.15, 0.2) is 80.2 Å². The fourth-order valence-electron chi connectivity index (χ4n) is 4.40. The van der Waals surface area contributed by atoms with Crippen LogP contribution in [0.3, 0.4) is 0 Å². The molecule has 0 radical (unpaired) electrons. The number of aliphatic hydroxyl groups is 1. The molecule has 1 N–H and O–H groups in total. The second-order valence-corrected chi connectivity index (χ2v) is 10.5. The zero-order chi connectivity index (χ0) is 27.8. The summed E-state index contributed by atoms with van der Waals surface area (Å²) in [7, 11) is 0. The van der Waals surface area contributed by atoms with E-state index < -0.39 is 23.2 Å². The Kier molecular flexibility index (Phi) is 7.55. The van der Waals surface area contributed by atoms with Crippen LogP contribution in [-0.2, 0) is 9.53 Å². The molecule has 200 valence electrons. The Hall–Kier alpha value is -3.57. The van der Waals surface area contributed by atoms with Gasteiger partial charge in [0.1, 0.15) is 11.5 Å². The lowest BCUT2D eigenvalue weighted by Gasteiger charge is -2.36. The summed E-state index contributed by atoms with van der Waals surface area (Å²) in [5.74, 6) is 0.217. The number of nitrogens with zero attached hydrogens (tertiary/aromatic N) is 3. The van der Waals surface area contributed by atoms with Gasteiger partial charge in [0, 0.05) is 27.6 Å². The fraction of sp³-hybridized carbons (Fsp3) is 0.185. The summed E-state index contributed by atoms with van der Waals surface area (Å²) in [5, 5.41) is 24.0. The number of hydrogen-bond donors (Lipinski definition) is 1. The second-order valence-electron chi connectivity index (χ2n) is 8.62. The van der Waals surface area contributed by atoms with E-state index in [-0.39, 0.29) is 12.3 Å². The van der Waals surface area contributed by atoms with Gasteiger partial charge < -0.3 is 19.2 Å². The summed E-state index contributed by atoms with van der Waals surface area (Å²) < 4.78 is 11.2. The summed E-state index contributed by atoms with van der Waals surface area (Å²) in [6, 6.07) is 13.8. The number of carbonyl (C=O) groups excluding carboxylic acids is 1. The summed E-state index contributed by atoms with van der Waals surface area (Å²) in [5.41, 5.74) is 1.80. The number of esters is 1. The van der Waals surface area contributed by atoms with Gasteiger partial charge in [0.25, 0.3) is 5.69 Å². The van der Waals surface area contributed by atoms with Gasteiger partial charge in [0.15, 0.2) is 11.4 Å². The van der Waals surface area contributed by atoms with Crippen LogP contribution in [0.1, 0.15) is 31.2 Å². The highest BCUT2D eigenvalue weighted by molar-refractivity contribution is 8.17. The molecule has 1 saturated heterocycles. The van der Waals surface area contributed by atoms with Gasteiger partial charge in [-0.05, 0) is 55.8 Å². The molecule has 39 heavy (non-hydrogen) atoms. The molecule has 2 aliphatic heterocycles. The molecule has 1 fully saturated rings. The van der Waals surface area contributed by atoms with Crippen LogP contribution >= 0.6 is 35.0 Å². The van der Waals surface area contributed by atoms with E-state index in [9.17, 15) is 20.0 Å². The third-order valence-corrected chi connectivity index (χ3v) is 7.80. The number of ether oxygens (including phenoxy) is 1. The minimum atomic E-state index is -1.15. The Bertz CT molecular complexity index is 1560. The Labute approximate surface area is 237 Å². The highest BCUT2D eigenvalue weighted by atomic mass is 35.5. The van der Waals surface area contributed by atoms with Crippen LogP contribution in [-0.4, -0.2) is 38.9 Å². The van der Waals surface area contributed by atoms with Crippen molar-refractivity contribution in [3.8, 4) is 11.3 Å². The van der Waals surface area contributed by atoms with Crippen molar-refractivity contribution in [2.45, 2.75) is 26.1 Å². The van der Waals surface area contributed by atoms with Gasteiger partial charge in [0.05, 0.1) is 33.9 Å². The maximum atomic E-state index is 13.0. The molecule has 0 unspecified atom stereocenters. The molecule has 2 atom stereocenters. The van der Waals surface area contributed by atoms with E-state index in [1.807, 2.05) is 0 Å². The SMILES string of the molecule is CCOC(=O)C1=C(C)N=C2S/C(=C\c3ccc(-c4cc([N+](=O)[O-])ccc4Cl)o3)[C@@H](O)N2[C@H]1c1ccc(Cl)cc1. The van der Waals surface area contributed by atoms with Crippen LogP contribution in [0.25, 0.3) is 17.4 Å². The number of halogens is 2. The van der Waals surface area contributed by atoms with Crippen LogP contribution in [0.2, 0.25) is 10.0 Å². The average Bonchev–Trinajstić information content (AvgIpc) is 3.48. The van der Waals surface area contributed by atoms with Gasteiger partial charge in [-0.25, -0.2) is 9.79 Å². The maximum absolute atomic E-state index is 13.0. The van der Waals surface area contributed by atoms with Crippen molar-refractivity contribution < 1.29 is 24.0 Å². The number of fused-ring (bicyclic) bond motifs is 1. The highest BCUT2D eigenvalue weighted by Gasteiger charge is 2.45. The van der Waals surface area contributed by atoms with E-state index in [0.717, 1.165) is 5.56 Å². The molecule has 2 aliphatic rings. The van der Waals surface area contributed by atoms with E-state index >= 15 is 0 Å². The molecule has 12 heteroatoms. The van der Waals surface area contributed by atoms with Gasteiger partial charge in [-0.1, -0.05) is 47.1 Å². The predicted octanol–water partition coefficient (Wildman–Crippen LogP) is 6.82. The monoisotopic (exact) mass is 585 g/mol. The Morgan fingerprint density at radius 1 is 1.23 bits per heavy atom. The highest BCUT2D eigenvalue weighted by Crippen LogP contribution is 2.47. The molecule has 3 aromatic rings. The molecule has 9 nitrogen and oxygen atoms in total. The van der Waals surface area contributed by atoms with Crippen molar-refractivity contribution in [3.05, 3.63) is 102 Å². The fourth-order valence-corrected chi connectivity index (χ4v) is 5.84. The van der Waals surface area contributed by atoms with Crippen molar-refractivity contribution in [1.82, 2.24) is 4.90 Å². The third-order valence-electron chi connectivity index (χ3n) is 6.17. The van der Waals surface area contributed by atoms with E-state index in [4.69, 9.17) is 32.4 Å². The number of carbonyl (C=O) groups is 1. The molecule has 0 saturated carbocycles. The van der Waals surface area contributed by atoms with Crippen molar-refractivity contribution in [3.63, 3.8) is 0 Å². The number of thioether (sulfide) groups is 1. The maximum Gasteiger partial charge on any atom is 0.338 e. The summed E-state index contributed by atoms with van der Waals surface area (Å²) in [4.78, 5) is 30.4. The molecule has 0 bridgehead atoms. The average molecular weight is 586 g/mol. The van der Waals surface area contributed by atoms with E-state index in [0.29, 0.717) is 48.5 Å². The van der Waals surface area contributed by atoms with Crippen molar-refractivity contribution >= 4 is 57.9 Å². The lowest BCUT2D eigenvalue weighted by Crippen LogP contribution is -2.41. The molecule has 3 heterocycles. The first-order chi connectivity index (χ1) is 18.7. The number of nitro benzene ring substituents is 1. The number of nitro groups is 1. The standard InChI is InChI=1S/C27H21Cl2N3O6S/c1-3-37-26(34)23-14(2)30-27-31(24(23)15-4-6-16(28)7-5-15)25(33)22(39-27)13-18-9-11-21(38-18)19-12-17(32(35)36)8-10-20(19)29/h4-13,24-25,33H,3H2,1-2H3/b22-13-/t24-,25+/m0/s1. The minimum absolute atomic E-state index is 0.115. The minimum Gasteiger partial charge on any atom is -0.463 e. The largest absolute Gasteiger partial charge is 0.463 e.